The van der Waals surface area contributed by atoms with Gasteiger partial charge in [0.2, 0.25) is 0 Å². The average molecular weight is 457 g/mol. The van der Waals surface area contributed by atoms with Crippen LogP contribution in [-0.2, 0) is 0 Å². The Labute approximate surface area is 201 Å². The predicted octanol–water partition coefficient (Wildman–Crippen LogP) is 7.33. The van der Waals surface area contributed by atoms with Gasteiger partial charge in [-0.2, -0.15) is 0 Å². The van der Waals surface area contributed by atoms with Crippen molar-refractivity contribution in [3.63, 3.8) is 0 Å². The highest BCUT2D eigenvalue weighted by Gasteiger charge is 2.21. The minimum absolute atomic E-state index is 0.0497. The second-order valence-electron chi connectivity index (χ2n) is 8.29. The van der Waals surface area contributed by atoms with E-state index in [0.717, 1.165) is 56.1 Å². The highest BCUT2D eigenvalue weighted by molar-refractivity contribution is 6.18. The SMILES string of the molecule is O=[N+]([O-])c1ccc(C2=Nc3ccccc3NC(c3c(-c4ccccc4)[nH]c4ccccc34)=C2)cc1. The largest absolute Gasteiger partial charge is 0.354 e. The fourth-order valence-electron chi connectivity index (χ4n) is 4.44. The number of aliphatic imine (C=N–C) groups is 1. The third kappa shape index (κ3) is 3.77. The van der Waals surface area contributed by atoms with Crippen LogP contribution in [0.25, 0.3) is 27.9 Å². The first-order chi connectivity index (χ1) is 17.2. The quantitative estimate of drug-likeness (QED) is 0.219. The summed E-state index contributed by atoms with van der Waals surface area (Å²) in [5, 5.41) is 15.9. The number of nitrogens with zero attached hydrogens (tertiary/aromatic N) is 2. The molecule has 4 aromatic carbocycles. The van der Waals surface area contributed by atoms with Crippen molar-refractivity contribution in [2.75, 3.05) is 5.32 Å². The Morgan fingerprint density at radius 2 is 1.46 bits per heavy atom. The zero-order valence-electron chi connectivity index (χ0n) is 18.6. The molecule has 1 aliphatic rings. The predicted molar refractivity (Wildman–Crippen MR) is 141 cm³/mol. The summed E-state index contributed by atoms with van der Waals surface area (Å²) in [5.41, 5.74) is 8.31. The lowest BCUT2D eigenvalue weighted by Gasteiger charge is -2.13. The van der Waals surface area contributed by atoms with Gasteiger partial charge in [0.1, 0.15) is 0 Å². The monoisotopic (exact) mass is 456 g/mol. The van der Waals surface area contributed by atoms with Crippen LogP contribution in [0.4, 0.5) is 17.1 Å². The van der Waals surface area contributed by atoms with Gasteiger partial charge in [0.05, 0.1) is 33.4 Å². The number of nitro groups is 1. The lowest BCUT2D eigenvalue weighted by atomic mass is 10.00. The number of para-hydroxylation sites is 3. The molecule has 2 heterocycles. The molecule has 0 aliphatic carbocycles. The number of hydrogen-bond acceptors (Lipinski definition) is 4. The van der Waals surface area contributed by atoms with Gasteiger partial charge in [0.25, 0.3) is 5.69 Å². The lowest BCUT2D eigenvalue weighted by Crippen LogP contribution is -2.03. The van der Waals surface area contributed by atoms with Crippen LogP contribution in [0.15, 0.2) is 114 Å². The number of non-ortho nitro benzene ring substituents is 1. The van der Waals surface area contributed by atoms with Crippen molar-refractivity contribution in [1.82, 2.24) is 4.98 Å². The summed E-state index contributed by atoms with van der Waals surface area (Å²) in [6.07, 6.45) is 2.02. The van der Waals surface area contributed by atoms with Gasteiger partial charge in [-0.3, -0.25) is 10.1 Å². The van der Waals surface area contributed by atoms with Gasteiger partial charge in [0.15, 0.2) is 0 Å². The summed E-state index contributed by atoms with van der Waals surface area (Å²) in [4.78, 5) is 19.3. The van der Waals surface area contributed by atoms with E-state index < -0.39 is 4.92 Å². The van der Waals surface area contributed by atoms with E-state index >= 15 is 0 Å². The molecule has 6 rings (SSSR count). The van der Waals surface area contributed by atoms with Gasteiger partial charge in [-0.15, -0.1) is 0 Å². The number of hydrogen-bond donors (Lipinski definition) is 2. The van der Waals surface area contributed by atoms with E-state index in [1.165, 1.54) is 12.1 Å². The van der Waals surface area contributed by atoms with Gasteiger partial charge in [-0.05, 0) is 42.0 Å². The zero-order chi connectivity index (χ0) is 23.8. The molecule has 0 unspecified atom stereocenters. The molecule has 6 heteroatoms. The van der Waals surface area contributed by atoms with Crippen LogP contribution >= 0.6 is 0 Å². The van der Waals surface area contributed by atoms with Crippen molar-refractivity contribution in [1.29, 1.82) is 0 Å². The summed E-state index contributed by atoms with van der Waals surface area (Å²) < 4.78 is 0. The molecule has 0 bridgehead atoms. The van der Waals surface area contributed by atoms with Crippen molar-refractivity contribution in [3.8, 4) is 11.3 Å². The van der Waals surface area contributed by atoms with Gasteiger partial charge in [-0.25, -0.2) is 4.99 Å². The Hall–Kier alpha value is -4.97. The molecule has 168 valence electrons. The van der Waals surface area contributed by atoms with Crippen molar-refractivity contribution >= 4 is 39.4 Å². The summed E-state index contributed by atoms with van der Waals surface area (Å²) >= 11 is 0. The van der Waals surface area contributed by atoms with E-state index in [4.69, 9.17) is 4.99 Å². The zero-order valence-corrected chi connectivity index (χ0v) is 18.6. The fraction of sp³-hybridized carbons (Fsp3) is 0. The van der Waals surface area contributed by atoms with Crippen molar-refractivity contribution < 1.29 is 4.92 Å². The highest BCUT2D eigenvalue weighted by atomic mass is 16.6. The van der Waals surface area contributed by atoms with E-state index in [0.29, 0.717) is 0 Å². The standard InChI is InChI=1S/C29H20N4O2/c34-33(35)21-16-14-19(15-17-21)26-18-27(31-25-13-7-6-12-24(25)30-26)28-22-10-4-5-11-23(22)32-29(28)20-8-2-1-3-9-20/h1-18,31-32H. The van der Waals surface area contributed by atoms with E-state index in [1.54, 1.807) is 12.1 Å². The van der Waals surface area contributed by atoms with Gasteiger partial charge >= 0.3 is 0 Å². The van der Waals surface area contributed by atoms with Crippen LogP contribution < -0.4 is 5.32 Å². The topological polar surface area (TPSA) is 83.3 Å². The number of anilines is 1. The van der Waals surface area contributed by atoms with Crippen molar-refractivity contribution in [2.24, 2.45) is 4.99 Å². The Bertz CT molecular complexity index is 1630. The van der Waals surface area contributed by atoms with Crippen LogP contribution in [0.1, 0.15) is 11.1 Å². The normalized spacial score (nSPS) is 12.8. The smallest absolute Gasteiger partial charge is 0.269 e. The molecule has 1 aliphatic heterocycles. The summed E-state index contributed by atoms with van der Waals surface area (Å²) in [5.74, 6) is 0. The number of allylic oxidation sites excluding steroid dienone is 1. The number of benzene rings is 4. The molecule has 0 fully saturated rings. The number of aromatic nitrogens is 1. The summed E-state index contributed by atoms with van der Waals surface area (Å²) in [7, 11) is 0. The number of nitro benzene ring substituents is 1. The number of aromatic amines is 1. The molecule has 0 saturated carbocycles. The Morgan fingerprint density at radius 1 is 0.743 bits per heavy atom. The minimum Gasteiger partial charge on any atom is -0.354 e. The van der Waals surface area contributed by atoms with Crippen LogP contribution in [-0.4, -0.2) is 15.6 Å². The third-order valence-corrected chi connectivity index (χ3v) is 6.11. The van der Waals surface area contributed by atoms with E-state index in [9.17, 15) is 10.1 Å². The number of fused-ring (bicyclic) bond motifs is 2. The van der Waals surface area contributed by atoms with Crippen molar-refractivity contribution in [3.05, 3.63) is 130 Å². The summed E-state index contributed by atoms with van der Waals surface area (Å²) in [6, 6.07) is 32.9. The second kappa shape index (κ2) is 8.43. The minimum atomic E-state index is -0.394. The first kappa shape index (κ1) is 20.6. The second-order valence-corrected chi connectivity index (χ2v) is 8.29. The van der Waals surface area contributed by atoms with Gasteiger partial charge < -0.3 is 10.3 Å². The van der Waals surface area contributed by atoms with E-state index in [1.807, 2.05) is 60.7 Å². The van der Waals surface area contributed by atoms with Gasteiger partial charge in [0, 0.05) is 34.2 Å². The molecule has 0 radical (unpaired) electrons. The van der Waals surface area contributed by atoms with E-state index in [-0.39, 0.29) is 5.69 Å². The maximum Gasteiger partial charge on any atom is 0.269 e. The molecule has 2 N–H and O–H groups in total. The molecule has 0 saturated heterocycles. The molecule has 0 amide bonds. The van der Waals surface area contributed by atoms with Crippen LogP contribution in [0.2, 0.25) is 0 Å². The van der Waals surface area contributed by atoms with E-state index in [2.05, 4.69) is 34.6 Å². The van der Waals surface area contributed by atoms with Crippen LogP contribution in [0.3, 0.4) is 0 Å². The number of rotatable bonds is 4. The molecule has 5 aromatic rings. The Morgan fingerprint density at radius 3 is 2.26 bits per heavy atom. The Balaban J connectivity index is 1.59. The number of H-pyrrole nitrogens is 1. The molecule has 0 spiro atoms. The van der Waals surface area contributed by atoms with Crippen LogP contribution in [0, 0.1) is 10.1 Å². The maximum atomic E-state index is 11.2. The Kier molecular flexibility index (Phi) is 4.96. The number of nitrogens with one attached hydrogen (secondary N) is 2. The summed E-state index contributed by atoms with van der Waals surface area (Å²) in [6.45, 7) is 0. The first-order valence-electron chi connectivity index (χ1n) is 11.3. The van der Waals surface area contributed by atoms with Gasteiger partial charge in [-0.1, -0.05) is 60.7 Å². The highest BCUT2D eigenvalue weighted by Crippen LogP contribution is 2.39. The molecular weight excluding hydrogens is 436 g/mol. The van der Waals surface area contributed by atoms with Crippen molar-refractivity contribution in [2.45, 2.75) is 0 Å². The third-order valence-electron chi connectivity index (χ3n) is 6.11. The molecule has 0 atom stereocenters. The molecule has 1 aromatic heterocycles. The van der Waals surface area contributed by atoms with Crippen LogP contribution in [0.5, 0.6) is 0 Å². The fourth-order valence-corrected chi connectivity index (χ4v) is 4.44. The maximum absolute atomic E-state index is 11.2. The molecular formula is C29H20N4O2. The molecule has 6 nitrogen and oxygen atoms in total. The lowest BCUT2D eigenvalue weighted by molar-refractivity contribution is -0.384. The molecule has 35 heavy (non-hydrogen) atoms. The average Bonchev–Trinajstić information content (AvgIpc) is 3.18. The first-order valence-corrected chi connectivity index (χ1v) is 11.3.